The Balaban J connectivity index is 1.38. The minimum absolute atomic E-state index is 0.0273. The molecule has 0 radical (unpaired) electrons. The number of furan rings is 1. The standard InChI is InChI=1S/C16H22N2O5S/c1-10-8-13(10)14-4-2-12(23-14)3-5-15(19)17-18-16(20)11-6-7-24(21,22)9-11/h2,4,10-11,13H,3,5-9H2,1H3,(H,17,19)(H,18,20)/t10-,11+,13+/m1/s1. The summed E-state index contributed by atoms with van der Waals surface area (Å²) >= 11 is 0. The van der Waals surface area contributed by atoms with Gasteiger partial charge >= 0.3 is 0 Å². The Morgan fingerprint density at radius 2 is 2.04 bits per heavy atom. The number of rotatable bonds is 5. The van der Waals surface area contributed by atoms with Crippen LogP contribution in [0.4, 0.5) is 0 Å². The van der Waals surface area contributed by atoms with E-state index in [0.717, 1.165) is 17.9 Å². The highest BCUT2D eigenvalue weighted by molar-refractivity contribution is 7.91. The molecule has 2 aliphatic rings. The summed E-state index contributed by atoms with van der Waals surface area (Å²) < 4.78 is 28.4. The van der Waals surface area contributed by atoms with Crippen LogP contribution in [-0.2, 0) is 25.8 Å². The van der Waals surface area contributed by atoms with Crippen molar-refractivity contribution >= 4 is 21.7 Å². The molecule has 0 unspecified atom stereocenters. The van der Waals surface area contributed by atoms with Gasteiger partial charge in [-0.25, -0.2) is 8.42 Å². The van der Waals surface area contributed by atoms with Gasteiger partial charge in [0, 0.05) is 18.8 Å². The monoisotopic (exact) mass is 354 g/mol. The maximum Gasteiger partial charge on any atom is 0.242 e. The van der Waals surface area contributed by atoms with Crippen LogP contribution >= 0.6 is 0 Å². The third-order valence-electron chi connectivity index (χ3n) is 4.68. The number of aryl methyl sites for hydroxylation is 1. The van der Waals surface area contributed by atoms with E-state index in [1.54, 1.807) is 0 Å². The van der Waals surface area contributed by atoms with E-state index in [1.165, 1.54) is 0 Å². The fourth-order valence-corrected chi connectivity index (χ4v) is 4.72. The van der Waals surface area contributed by atoms with Crippen LogP contribution in [0.15, 0.2) is 16.5 Å². The summed E-state index contributed by atoms with van der Waals surface area (Å²) in [6.07, 6.45) is 2.10. The number of hydrogen-bond donors (Lipinski definition) is 2. The van der Waals surface area contributed by atoms with Crippen molar-refractivity contribution in [2.75, 3.05) is 11.5 Å². The maximum atomic E-state index is 11.8. The number of amides is 2. The molecule has 132 valence electrons. The van der Waals surface area contributed by atoms with E-state index in [0.29, 0.717) is 24.7 Å². The second kappa shape index (κ2) is 6.58. The molecule has 24 heavy (non-hydrogen) atoms. The third kappa shape index (κ3) is 4.17. The number of hydrazine groups is 1. The van der Waals surface area contributed by atoms with Gasteiger partial charge in [0.05, 0.1) is 17.4 Å². The molecule has 3 atom stereocenters. The van der Waals surface area contributed by atoms with Gasteiger partial charge in [0.15, 0.2) is 9.84 Å². The van der Waals surface area contributed by atoms with Crippen molar-refractivity contribution in [2.24, 2.45) is 11.8 Å². The topological polar surface area (TPSA) is 105 Å². The van der Waals surface area contributed by atoms with E-state index >= 15 is 0 Å². The van der Waals surface area contributed by atoms with Crippen LogP contribution in [0.1, 0.15) is 43.6 Å². The van der Waals surface area contributed by atoms with Gasteiger partial charge in [0.1, 0.15) is 11.5 Å². The van der Waals surface area contributed by atoms with Crippen LogP contribution in [0.25, 0.3) is 0 Å². The van der Waals surface area contributed by atoms with Gasteiger partial charge < -0.3 is 4.42 Å². The Morgan fingerprint density at radius 3 is 2.67 bits per heavy atom. The molecule has 0 aromatic carbocycles. The lowest BCUT2D eigenvalue weighted by molar-refractivity contribution is -0.130. The molecule has 8 heteroatoms. The molecule has 1 aromatic rings. The molecule has 0 spiro atoms. The molecule has 0 bridgehead atoms. The van der Waals surface area contributed by atoms with E-state index < -0.39 is 21.7 Å². The fraction of sp³-hybridized carbons (Fsp3) is 0.625. The van der Waals surface area contributed by atoms with Gasteiger partial charge in [-0.15, -0.1) is 0 Å². The normalized spacial score (nSPS) is 27.6. The quantitative estimate of drug-likeness (QED) is 0.765. The van der Waals surface area contributed by atoms with Gasteiger partial charge in [-0.2, -0.15) is 0 Å². The van der Waals surface area contributed by atoms with Crippen molar-refractivity contribution in [1.82, 2.24) is 10.9 Å². The highest BCUT2D eigenvalue weighted by atomic mass is 32.2. The van der Waals surface area contributed by atoms with Crippen molar-refractivity contribution < 1.29 is 22.4 Å². The third-order valence-corrected chi connectivity index (χ3v) is 6.45. The molecule has 1 aromatic heterocycles. The van der Waals surface area contributed by atoms with Crippen molar-refractivity contribution in [3.8, 4) is 0 Å². The van der Waals surface area contributed by atoms with Crippen LogP contribution in [0.2, 0.25) is 0 Å². The van der Waals surface area contributed by atoms with Crippen molar-refractivity contribution in [1.29, 1.82) is 0 Å². The molecule has 1 saturated carbocycles. The minimum atomic E-state index is -3.11. The summed E-state index contributed by atoms with van der Waals surface area (Å²) in [5.74, 6) is 1.43. The largest absolute Gasteiger partial charge is 0.466 e. The SMILES string of the molecule is C[C@@H]1C[C@@H]1c1ccc(CCC(=O)NNC(=O)[C@H]2CCS(=O)(=O)C2)o1. The van der Waals surface area contributed by atoms with Gasteiger partial charge in [-0.05, 0) is 30.9 Å². The molecule has 2 N–H and O–H groups in total. The molecule has 2 fully saturated rings. The van der Waals surface area contributed by atoms with E-state index in [9.17, 15) is 18.0 Å². The molecule has 2 amide bonds. The average molecular weight is 354 g/mol. The predicted octanol–water partition coefficient (Wildman–Crippen LogP) is 0.918. The minimum Gasteiger partial charge on any atom is -0.466 e. The zero-order valence-electron chi connectivity index (χ0n) is 13.6. The highest BCUT2D eigenvalue weighted by Crippen LogP contribution is 2.47. The van der Waals surface area contributed by atoms with Gasteiger partial charge in [0.25, 0.3) is 0 Å². The first-order valence-electron chi connectivity index (χ1n) is 8.22. The molecule has 1 aliphatic carbocycles. The van der Waals surface area contributed by atoms with E-state index in [2.05, 4.69) is 17.8 Å². The second-order valence-electron chi connectivity index (χ2n) is 6.76. The number of carbonyl (C=O) groups excluding carboxylic acids is 2. The first-order chi connectivity index (χ1) is 11.3. The maximum absolute atomic E-state index is 11.8. The Bertz CT molecular complexity index is 739. The molecular weight excluding hydrogens is 332 g/mol. The first-order valence-corrected chi connectivity index (χ1v) is 10.0. The summed E-state index contributed by atoms with van der Waals surface area (Å²) in [6.45, 7) is 2.18. The molecule has 7 nitrogen and oxygen atoms in total. The summed E-state index contributed by atoms with van der Waals surface area (Å²) in [4.78, 5) is 23.6. The van der Waals surface area contributed by atoms with Crippen molar-refractivity contribution in [3.05, 3.63) is 23.7 Å². The van der Waals surface area contributed by atoms with Gasteiger partial charge in [-0.3, -0.25) is 20.4 Å². The Labute approximate surface area is 141 Å². The van der Waals surface area contributed by atoms with Crippen LogP contribution in [-0.4, -0.2) is 31.7 Å². The van der Waals surface area contributed by atoms with Crippen LogP contribution in [0.5, 0.6) is 0 Å². The van der Waals surface area contributed by atoms with E-state index in [-0.39, 0.29) is 23.8 Å². The number of nitrogens with one attached hydrogen (secondary N) is 2. The fourth-order valence-electron chi connectivity index (χ4n) is 2.98. The predicted molar refractivity (Wildman–Crippen MR) is 86.6 cm³/mol. The average Bonchev–Trinajstić information content (AvgIpc) is 2.95. The van der Waals surface area contributed by atoms with Crippen molar-refractivity contribution in [3.63, 3.8) is 0 Å². The zero-order chi connectivity index (χ0) is 17.3. The summed E-state index contributed by atoms with van der Waals surface area (Å²) in [5, 5.41) is 0. The summed E-state index contributed by atoms with van der Waals surface area (Å²) in [7, 11) is -3.11. The molecule has 3 rings (SSSR count). The number of carbonyl (C=O) groups is 2. The van der Waals surface area contributed by atoms with Crippen LogP contribution < -0.4 is 10.9 Å². The van der Waals surface area contributed by atoms with Crippen LogP contribution in [0, 0.1) is 11.8 Å². The lowest BCUT2D eigenvalue weighted by Gasteiger charge is -2.10. The summed E-state index contributed by atoms with van der Waals surface area (Å²) in [5.41, 5.74) is 4.64. The lowest BCUT2D eigenvalue weighted by atomic mass is 10.1. The summed E-state index contributed by atoms with van der Waals surface area (Å²) in [6, 6.07) is 3.85. The highest BCUT2D eigenvalue weighted by Gasteiger charge is 2.36. The van der Waals surface area contributed by atoms with Crippen LogP contribution in [0.3, 0.4) is 0 Å². The number of sulfone groups is 1. The second-order valence-corrected chi connectivity index (χ2v) is 8.99. The Hall–Kier alpha value is -1.83. The smallest absolute Gasteiger partial charge is 0.242 e. The number of hydrogen-bond acceptors (Lipinski definition) is 5. The van der Waals surface area contributed by atoms with Gasteiger partial charge in [-0.1, -0.05) is 6.92 Å². The molecule has 1 aliphatic heterocycles. The zero-order valence-corrected chi connectivity index (χ0v) is 14.4. The molecule has 1 saturated heterocycles. The molecular formula is C16H22N2O5S. The van der Waals surface area contributed by atoms with E-state index in [4.69, 9.17) is 4.42 Å². The van der Waals surface area contributed by atoms with Crippen molar-refractivity contribution in [2.45, 2.75) is 38.5 Å². The first kappa shape index (κ1) is 17.0. The Morgan fingerprint density at radius 1 is 1.29 bits per heavy atom. The van der Waals surface area contributed by atoms with E-state index in [1.807, 2.05) is 12.1 Å². The Kier molecular flexibility index (Phi) is 4.67. The molecule has 2 heterocycles. The van der Waals surface area contributed by atoms with Gasteiger partial charge in [0.2, 0.25) is 11.8 Å². The lowest BCUT2D eigenvalue weighted by Crippen LogP contribution is -2.44.